The van der Waals surface area contributed by atoms with Gasteiger partial charge in [0.1, 0.15) is 5.82 Å². The van der Waals surface area contributed by atoms with Crippen LogP contribution in [0.2, 0.25) is 5.02 Å². The monoisotopic (exact) mass is 258 g/mol. The first-order valence-corrected chi connectivity index (χ1v) is 6.04. The van der Waals surface area contributed by atoms with E-state index < -0.39 is 0 Å². The van der Waals surface area contributed by atoms with Crippen molar-refractivity contribution in [1.82, 2.24) is 0 Å². The molecule has 2 nitrogen and oxygen atoms in total. The molecule has 1 rings (SSSR count). The predicted octanol–water partition coefficient (Wildman–Crippen LogP) is 3.35. The number of aryl methyl sites for hydroxylation is 1. The van der Waals surface area contributed by atoms with Crippen molar-refractivity contribution in [3.63, 3.8) is 0 Å². The Hall–Kier alpha value is -0.800. The zero-order chi connectivity index (χ0) is 13.2. The minimum Gasteiger partial charge on any atom is -0.373 e. The summed E-state index contributed by atoms with van der Waals surface area (Å²) in [5.74, 6) is -0.233. The topological polar surface area (TPSA) is 29.3 Å². The zero-order valence-corrected chi connectivity index (χ0v) is 11.6. The number of hydrogen-bond donors (Lipinski definition) is 1. The van der Waals surface area contributed by atoms with Crippen LogP contribution in [-0.4, -0.2) is 19.1 Å². The molecule has 2 N–H and O–H groups in total. The molecule has 0 saturated carbocycles. The number of anilines is 1. The molecular weight excluding hydrogens is 239 g/mol. The van der Waals surface area contributed by atoms with Crippen LogP contribution in [0.5, 0.6) is 0 Å². The lowest BCUT2D eigenvalue weighted by molar-refractivity contribution is 0.479. The summed E-state index contributed by atoms with van der Waals surface area (Å²) >= 11 is 6.11. The third kappa shape index (κ3) is 4.17. The summed E-state index contributed by atoms with van der Waals surface area (Å²) in [6, 6.07) is 3.12. The Bertz CT molecular complexity index is 399. The third-order valence-electron chi connectivity index (χ3n) is 2.73. The Balaban J connectivity index is 2.82. The van der Waals surface area contributed by atoms with Gasteiger partial charge in [0.25, 0.3) is 0 Å². The van der Waals surface area contributed by atoms with Gasteiger partial charge in [0.05, 0.1) is 10.7 Å². The Morgan fingerprint density at radius 2 is 2.00 bits per heavy atom. The summed E-state index contributed by atoms with van der Waals surface area (Å²) < 4.78 is 13.5. The van der Waals surface area contributed by atoms with Crippen LogP contribution >= 0.6 is 11.6 Å². The first-order chi connectivity index (χ1) is 7.70. The van der Waals surface area contributed by atoms with Gasteiger partial charge in [0, 0.05) is 19.1 Å². The van der Waals surface area contributed by atoms with Gasteiger partial charge in [0.15, 0.2) is 0 Å². The van der Waals surface area contributed by atoms with E-state index in [2.05, 4.69) is 0 Å². The highest BCUT2D eigenvalue weighted by Crippen LogP contribution is 2.28. The van der Waals surface area contributed by atoms with Gasteiger partial charge < -0.3 is 10.6 Å². The van der Waals surface area contributed by atoms with E-state index in [1.165, 1.54) is 6.07 Å². The lowest BCUT2D eigenvalue weighted by Gasteiger charge is -2.26. The number of rotatable bonds is 4. The molecule has 0 aliphatic carbocycles. The third-order valence-corrected chi connectivity index (χ3v) is 3.03. The van der Waals surface area contributed by atoms with E-state index in [4.69, 9.17) is 17.3 Å². The molecule has 0 fully saturated rings. The molecule has 0 bridgehead atoms. The quantitative estimate of drug-likeness (QED) is 0.897. The molecule has 0 unspecified atom stereocenters. The maximum Gasteiger partial charge on any atom is 0.128 e. The molecule has 0 aromatic heterocycles. The molecule has 1 aromatic carbocycles. The lowest BCUT2D eigenvalue weighted by atomic mass is 10.0. The fourth-order valence-corrected chi connectivity index (χ4v) is 1.87. The average molecular weight is 259 g/mol. The van der Waals surface area contributed by atoms with Crippen molar-refractivity contribution in [3.8, 4) is 0 Å². The van der Waals surface area contributed by atoms with Crippen LogP contribution in [0.4, 0.5) is 10.1 Å². The van der Waals surface area contributed by atoms with Crippen LogP contribution in [0.1, 0.15) is 25.8 Å². The SMILES string of the molecule is Cc1cc(Cl)c(N(C)CCC(C)(C)N)cc1F. The van der Waals surface area contributed by atoms with E-state index in [1.807, 2.05) is 25.8 Å². The standard InChI is InChI=1S/C13H20ClFN2/c1-9-7-10(14)12(8-11(9)15)17(4)6-5-13(2,3)16/h7-8H,5-6,16H2,1-4H3. The summed E-state index contributed by atoms with van der Waals surface area (Å²) in [6.07, 6.45) is 0.815. The molecule has 96 valence electrons. The van der Waals surface area contributed by atoms with Crippen molar-refractivity contribution in [2.45, 2.75) is 32.7 Å². The maximum absolute atomic E-state index is 13.5. The van der Waals surface area contributed by atoms with Gasteiger partial charge in [-0.15, -0.1) is 0 Å². The molecule has 4 heteroatoms. The fraction of sp³-hybridized carbons (Fsp3) is 0.538. The maximum atomic E-state index is 13.5. The average Bonchev–Trinajstić information content (AvgIpc) is 2.19. The summed E-state index contributed by atoms with van der Waals surface area (Å²) in [6.45, 7) is 6.38. The normalized spacial score (nSPS) is 11.7. The first-order valence-electron chi connectivity index (χ1n) is 5.66. The van der Waals surface area contributed by atoms with Crippen molar-refractivity contribution in [3.05, 3.63) is 28.5 Å². The summed E-state index contributed by atoms with van der Waals surface area (Å²) in [7, 11) is 1.89. The van der Waals surface area contributed by atoms with Gasteiger partial charge >= 0.3 is 0 Å². The molecule has 0 amide bonds. The van der Waals surface area contributed by atoms with Gasteiger partial charge in [-0.2, -0.15) is 0 Å². The summed E-state index contributed by atoms with van der Waals surface area (Å²) in [5.41, 5.74) is 6.96. The van der Waals surface area contributed by atoms with Crippen LogP contribution in [0, 0.1) is 12.7 Å². The minimum absolute atomic E-state index is 0.232. The van der Waals surface area contributed by atoms with Crippen LogP contribution < -0.4 is 10.6 Å². The zero-order valence-electron chi connectivity index (χ0n) is 10.8. The highest BCUT2D eigenvalue weighted by atomic mass is 35.5. The minimum atomic E-state index is -0.233. The number of benzene rings is 1. The smallest absolute Gasteiger partial charge is 0.128 e. The molecule has 17 heavy (non-hydrogen) atoms. The molecule has 0 heterocycles. The van der Waals surface area contributed by atoms with Gasteiger partial charge in [0.2, 0.25) is 0 Å². The second-order valence-corrected chi connectivity index (χ2v) is 5.62. The Morgan fingerprint density at radius 1 is 1.41 bits per heavy atom. The lowest BCUT2D eigenvalue weighted by Crippen LogP contribution is -2.36. The van der Waals surface area contributed by atoms with Crippen molar-refractivity contribution in [2.75, 3.05) is 18.5 Å². The van der Waals surface area contributed by atoms with Crippen LogP contribution in [0.3, 0.4) is 0 Å². The first kappa shape index (κ1) is 14.3. The largest absolute Gasteiger partial charge is 0.373 e. The van der Waals surface area contributed by atoms with E-state index in [1.54, 1.807) is 13.0 Å². The fourth-order valence-electron chi connectivity index (χ4n) is 1.50. The van der Waals surface area contributed by atoms with E-state index >= 15 is 0 Å². The van der Waals surface area contributed by atoms with Crippen molar-refractivity contribution >= 4 is 17.3 Å². The second kappa shape index (κ2) is 5.23. The molecule has 0 spiro atoms. The number of halogens is 2. The van der Waals surface area contributed by atoms with E-state index in [0.717, 1.165) is 13.0 Å². The number of hydrogen-bond acceptors (Lipinski definition) is 2. The predicted molar refractivity (Wildman–Crippen MR) is 72.3 cm³/mol. The Kier molecular flexibility index (Phi) is 4.39. The molecule has 0 radical (unpaired) electrons. The highest BCUT2D eigenvalue weighted by Gasteiger charge is 2.14. The van der Waals surface area contributed by atoms with Crippen LogP contribution in [0.15, 0.2) is 12.1 Å². The molecule has 0 aliphatic rings. The molecule has 1 aromatic rings. The van der Waals surface area contributed by atoms with Crippen LogP contribution in [-0.2, 0) is 0 Å². The Morgan fingerprint density at radius 3 is 2.53 bits per heavy atom. The molecule has 0 atom stereocenters. The molecule has 0 aliphatic heterocycles. The van der Waals surface area contributed by atoms with Gasteiger partial charge in [-0.05, 0) is 44.9 Å². The van der Waals surface area contributed by atoms with Gasteiger partial charge in [-0.3, -0.25) is 0 Å². The Labute approximate surface area is 108 Å². The van der Waals surface area contributed by atoms with Crippen LogP contribution in [0.25, 0.3) is 0 Å². The van der Waals surface area contributed by atoms with Gasteiger partial charge in [-0.25, -0.2) is 4.39 Å². The van der Waals surface area contributed by atoms with Crippen molar-refractivity contribution < 1.29 is 4.39 Å². The van der Waals surface area contributed by atoms with Crippen molar-refractivity contribution in [2.24, 2.45) is 5.73 Å². The summed E-state index contributed by atoms with van der Waals surface area (Å²) in [5, 5.41) is 0.571. The van der Waals surface area contributed by atoms with E-state index in [9.17, 15) is 4.39 Å². The number of nitrogens with two attached hydrogens (primary N) is 1. The molecular formula is C13H20ClFN2. The highest BCUT2D eigenvalue weighted by molar-refractivity contribution is 6.33. The van der Waals surface area contributed by atoms with Crippen molar-refractivity contribution in [1.29, 1.82) is 0 Å². The number of nitrogens with zero attached hydrogens (tertiary/aromatic N) is 1. The summed E-state index contributed by atoms with van der Waals surface area (Å²) in [4.78, 5) is 1.93. The second-order valence-electron chi connectivity index (χ2n) is 5.21. The van der Waals surface area contributed by atoms with E-state index in [0.29, 0.717) is 16.3 Å². The van der Waals surface area contributed by atoms with E-state index in [-0.39, 0.29) is 11.4 Å². The van der Waals surface area contributed by atoms with Gasteiger partial charge in [-0.1, -0.05) is 11.6 Å². The molecule has 0 saturated heterocycles.